The first-order chi connectivity index (χ1) is 9.40. The van der Waals surface area contributed by atoms with Gasteiger partial charge in [-0.05, 0) is 37.5 Å². The van der Waals surface area contributed by atoms with E-state index in [1.807, 2.05) is 39.0 Å². The van der Waals surface area contributed by atoms with Crippen molar-refractivity contribution in [3.8, 4) is 11.4 Å². The fourth-order valence-corrected chi connectivity index (χ4v) is 2.87. The van der Waals surface area contributed by atoms with Crippen LogP contribution in [0.15, 0.2) is 27.2 Å². The van der Waals surface area contributed by atoms with Crippen LogP contribution in [0.1, 0.15) is 38.1 Å². The molecular formula is C15H17BrN2O2. The maximum atomic E-state index is 11.7. The van der Waals surface area contributed by atoms with E-state index < -0.39 is 0 Å². The van der Waals surface area contributed by atoms with Crippen molar-refractivity contribution in [3.63, 3.8) is 0 Å². The number of ketones is 1. The Labute approximate surface area is 126 Å². The van der Waals surface area contributed by atoms with Crippen molar-refractivity contribution in [1.82, 2.24) is 10.1 Å². The number of nitrogens with zero attached hydrogens (tertiary/aromatic N) is 2. The molecule has 0 bridgehead atoms. The molecule has 0 spiro atoms. The van der Waals surface area contributed by atoms with Crippen molar-refractivity contribution in [2.45, 2.75) is 33.6 Å². The summed E-state index contributed by atoms with van der Waals surface area (Å²) in [5, 5.41) is 3.99. The molecule has 0 N–H and O–H groups in total. The molecular weight excluding hydrogens is 320 g/mol. The Balaban J connectivity index is 2.40. The molecule has 20 heavy (non-hydrogen) atoms. The maximum absolute atomic E-state index is 11.7. The van der Waals surface area contributed by atoms with Gasteiger partial charge in [-0.1, -0.05) is 41.0 Å². The number of aryl methyl sites for hydroxylation is 1. The SMILES string of the molecule is CC(=O)C(c1nc(-c2ccc(C)cc2Br)no1)C(C)C. The highest BCUT2D eigenvalue weighted by Gasteiger charge is 2.27. The number of carbonyl (C=O) groups is 1. The number of rotatable bonds is 4. The van der Waals surface area contributed by atoms with Crippen LogP contribution in [-0.2, 0) is 4.79 Å². The molecule has 0 aliphatic carbocycles. The second-order valence-corrected chi connectivity index (χ2v) is 6.13. The summed E-state index contributed by atoms with van der Waals surface area (Å²) in [5.41, 5.74) is 2.00. The molecule has 1 unspecified atom stereocenters. The first-order valence-electron chi connectivity index (χ1n) is 6.50. The van der Waals surface area contributed by atoms with Crippen molar-refractivity contribution >= 4 is 21.7 Å². The highest BCUT2D eigenvalue weighted by atomic mass is 79.9. The molecule has 1 aromatic heterocycles. The standard InChI is InChI=1S/C15H17BrN2O2/c1-8(2)13(10(4)19)15-17-14(18-20-15)11-6-5-9(3)7-12(11)16/h5-8,13H,1-4H3. The van der Waals surface area contributed by atoms with Gasteiger partial charge in [-0.3, -0.25) is 4.79 Å². The molecule has 106 valence electrons. The summed E-state index contributed by atoms with van der Waals surface area (Å²) < 4.78 is 6.20. The van der Waals surface area contributed by atoms with Gasteiger partial charge in [0.15, 0.2) is 0 Å². The second-order valence-electron chi connectivity index (χ2n) is 5.27. The number of hydrogen-bond acceptors (Lipinski definition) is 4. The van der Waals surface area contributed by atoms with Crippen LogP contribution in [0.25, 0.3) is 11.4 Å². The molecule has 1 atom stereocenters. The van der Waals surface area contributed by atoms with Gasteiger partial charge < -0.3 is 4.52 Å². The van der Waals surface area contributed by atoms with Crippen LogP contribution < -0.4 is 0 Å². The van der Waals surface area contributed by atoms with E-state index in [-0.39, 0.29) is 17.6 Å². The van der Waals surface area contributed by atoms with Gasteiger partial charge in [0.05, 0.1) is 5.92 Å². The summed E-state index contributed by atoms with van der Waals surface area (Å²) >= 11 is 3.50. The number of benzene rings is 1. The predicted molar refractivity (Wildman–Crippen MR) is 80.4 cm³/mol. The van der Waals surface area contributed by atoms with E-state index in [0.29, 0.717) is 11.7 Å². The zero-order valence-corrected chi connectivity index (χ0v) is 13.6. The number of halogens is 1. The number of carbonyl (C=O) groups excluding carboxylic acids is 1. The Morgan fingerprint density at radius 1 is 1.35 bits per heavy atom. The molecule has 1 aromatic carbocycles. The largest absolute Gasteiger partial charge is 0.338 e. The highest BCUT2D eigenvalue weighted by molar-refractivity contribution is 9.10. The average molecular weight is 337 g/mol. The Kier molecular flexibility index (Phi) is 4.38. The van der Waals surface area contributed by atoms with E-state index in [0.717, 1.165) is 15.6 Å². The Bertz CT molecular complexity index is 635. The lowest BCUT2D eigenvalue weighted by Gasteiger charge is -2.12. The van der Waals surface area contributed by atoms with Crippen molar-refractivity contribution in [1.29, 1.82) is 0 Å². The molecule has 1 heterocycles. The van der Waals surface area contributed by atoms with Gasteiger partial charge in [-0.15, -0.1) is 0 Å². The lowest BCUT2D eigenvalue weighted by molar-refractivity contribution is -0.119. The van der Waals surface area contributed by atoms with E-state index in [1.54, 1.807) is 6.92 Å². The summed E-state index contributed by atoms with van der Waals surface area (Å²) in [7, 11) is 0. The van der Waals surface area contributed by atoms with E-state index in [9.17, 15) is 4.79 Å². The van der Waals surface area contributed by atoms with Crippen LogP contribution in [0, 0.1) is 12.8 Å². The molecule has 5 heteroatoms. The van der Waals surface area contributed by atoms with Crippen molar-refractivity contribution in [2.24, 2.45) is 5.92 Å². The predicted octanol–water partition coefficient (Wildman–Crippen LogP) is 4.14. The normalized spacial score (nSPS) is 12.7. The van der Waals surface area contributed by atoms with Crippen LogP contribution in [0.4, 0.5) is 0 Å². The van der Waals surface area contributed by atoms with Crippen molar-refractivity contribution < 1.29 is 9.32 Å². The molecule has 0 radical (unpaired) electrons. The molecule has 0 fully saturated rings. The minimum Gasteiger partial charge on any atom is -0.338 e. The summed E-state index contributed by atoms with van der Waals surface area (Å²) in [4.78, 5) is 16.1. The molecule has 0 amide bonds. The van der Waals surface area contributed by atoms with Crippen LogP contribution in [0.5, 0.6) is 0 Å². The van der Waals surface area contributed by atoms with Gasteiger partial charge >= 0.3 is 0 Å². The fourth-order valence-electron chi connectivity index (χ4n) is 2.20. The highest BCUT2D eigenvalue weighted by Crippen LogP contribution is 2.30. The van der Waals surface area contributed by atoms with E-state index in [1.165, 1.54) is 0 Å². The van der Waals surface area contributed by atoms with Gasteiger partial charge in [-0.2, -0.15) is 4.98 Å². The van der Waals surface area contributed by atoms with Gasteiger partial charge in [0.1, 0.15) is 5.78 Å². The second kappa shape index (κ2) is 5.87. The smallest absolute Gasteiger partial charge is 0.237 e. The minimum atomic E-state index is -0.347. The van der Waals surface area contributed by atoms with Gasteiger partial charge in [0.2, 0.25) is 11.7 Å². The van der Waals surface area contributed by atoms with Crippen molar-refractivity contribution in [3.05, 3.63) is 34.1 Å². The molecule has 0 aliphatic heterocycles. The first kappa shape index (κ1) is 14.9. The lowest BCUT2D eigenvalue weighted by Crippen LogP contribution is -2.15. The summed E-state index contributed by atoms with van der Waals surface area (Å²) in [6.45, 7) is 7.51. The van der Waals surface area contributed by atoms with E-state index >= 15 is 0 Å². The monoisotopic (exact) mass is 336 g/mol. The van der Waals surface area contributed by atoms with Crippen LogP contribution in [0.3, 0.4) is 0 Å². The average Bonchev–Trinajstić information content (AvgIpc) is 2.76. The van der Waals surface area contributed by atoms with Gasteiger partial charge in [-0.25, -0.2) is 0 Å². The van der Waals surface area contributed by atoms with Crippen LogP contribution >= 0.6 is 15.9 Å². The number of Topliss-reactive ketones (excluding diaryl/α,β-unsaturated/α-hetero) is 1. The third kappa shape index (κ3) is 2.98. The summed E-state index contributed by atoms with van der Waals surface area (Å²) in [6, 6.07) is 5.92. The van der Waals surface area contributed by atoms with Crippen molar-refractivity contribution in [2.75, 3.05) is 0 Å². The van der Waals surface area contributed by atoms with Gasteiger partial charge in [0.25, 0.3) is 0 Å². The molecule has 2 aromatic rings. The zero-order valence-electron chi connectivity index (χ0n) is 12.0. The fraction of sp³-hybridized carbons (Fsp3) is 0.400. The van der Waals surface area contributed by atoms with Crippen LogP contribution in [-0.4, -0.2) is 15.9 Å². The van der Waals surface area contributed by atoms with E-state index in [2.05, 4.69) is 26.1 Å². The van der Waals surface area contributed by atoms with Gasteiger partial charge in [0, 0.05) is 10.0 Å². The molecule has 0 saturated heterocycles. The summed E-state index contributed by atoms with van der Waals surface area (Å²) in [6.07, 6.45) is 0. The molecule has 0 saturated carbocycles. The van der Waals surface area contributed by atoms with E-state index in [4.69, 9.17) is 4.52 Å². The molecule has 2 rings (SSSR count). The topological polar surface area (TPSA) is 56.0 Å². The molecule has 4 nitrogen and oxygen atoms in total. The Morgan fingerprint density at radius 2 is 2.05 bits per heavy atom. The van der Waals surface area contributed by atoms with Crippen LogP contribution in [0.2, 0.25) is 0 Å². The first-order valence-corrected chi connectivity index (χ1v) is 7.30. The summed E-state index contributed by atoms with van der Waals surface area (Å²) in [5.74, 6) is 0.703. The number of hydrogen-bond donors (Lipinski definition) is 0. The third-order valence-corrected chi connectivity index (χ3v) is 3.83. The third-order valence-electron chi connectivity index (χ3n) is 3.18. The zero-order chi connectivity index (χ0) is 14.9. The Morgan fingerprint density at radius 3 is 2.60 bits per heavy atom. The lowest BCUT2D eigenvalue weighted by atomic mass is 9.92. The minimum absolute atomic E-state index is 0.0400. The maximum Gasteiger partial charge on any atom is 0.237 e. The quantitative estimate of drug-likeness (QED) is 0.841. The molecule has 0 aliphatic rings. The number of aromatic nitrogens is 2. The Hall–Kier alpha value is -1.49.